The molecule has 5 nitrogen and oxygen atoms in total. The van der Waals surface area contributed by atoms with Crippen LogP contribution >= 0.6 is 11.6 Å². The molecular weight excluding hydrogens is 350 g/mol. The van der Waals surface area contributed by atoms with Gasteiger partial charge in [0.2, 0.25) is 0 Å². The first kappa shape index (κ1) is 18.3. The second-order valence-electron chi connectivity index (χ2n) is 5.21. The number of benzene rings is 2. The van der Waals surface area contributed by atoms with Crippen LogP contribution in [-0.2, 0) is 9.84 Å². The highest BCUT2D eigenvalue weighted by Gasteiger charge is 2.19. The number of anilines is 1. The molecule has 0 radical (unpaired) electrons. The van der Waals surface area contributed by atoms with Crippen LogP contribution in [0.3, 0.4) is 0 Å². The van der Waals surface area contributed by atoms with Gasteiger partial charge in [0.1, 0.15) is 5.75 Å². The van der Waals surface area contributed by atoms with Crippen LogP contribution < -0.4 is 10.1 Å². The van der Waals surface area contributed by atoms with E-state index in [1.165, 1.54) is 12.1 Å². The molecule has 0 unspecified atom stereocenters. The summed E-state index contributed by atoms with van der Waals surface area (Å²) >= 11 is 5.98. The van der Waals surface area contributed by atoms with Crippen LogP contribution in [0.1, 0.15) is 23.7 Å². The summed E-state index contributed by atoms with van der Waals surface area (Å²) in [6, 6.07) is 10.9. The van der Waals surface area contributed by atoms with Gasteiger partial charge in [-0.15, -0.1) is 0 Å². The van der Waals surface area contributed by atoms with Crippen molar-refractivity contribution in [2.75, 3.05) is 18.2 Å². The Hall–Kier alpha value is -2.05. The Morgan fingerprint density at radius 2 is 1.92 bits per heavy atom. The highest BCUT2D eigenvalue weighted by molar-refractivity contribution is 7.90. The van der Waals surface area contributed by atoms with E-state index in [0.29, 0.717) is 23.1 Å². The molecule has 0 aromatic heterocycles. The van der Waals surface area contributed by atoms with Gasteiger partial charge in [0.05, 0.1) is 22.8 Å². The van der Waals surface area contributed by atoms with Gasteiger partial charge >= 0.3 is 0 Å². The first-order chi connectivity index (χ1) is 11.3. The number of hydrogen-bond acceptors (Lipinski definition) is 4. The molecule has 0 atom stereocenters. The Bertz CT molecular complexity index is 849. The second-order valence-corrected chi connectivity index (χ2v) is 7.63. The third-order valence-electron chi connectivity index (χ3n) is 3.18. The maximum Gasteiger partial charge on any atom is 0.257 e. The Morgan fingerprint density at radius 1 is 1.21 bits per heavy atom. The third kappa shape index (κ3) is 4.49. The molecule has 0 spiro atoms. The highest BCUT2D eigenvalue weighted by Crippen LogP contribution is 2.29. The summed E-state index contributed by atoms with van der Waals surface area (Å²) in [5, 5.41) is 3.11. The molecule has 2 rings (SSSR count). The standard InChI is InChI=1S/C17H18ClNO4S/c1-3-10-23-15-9-8-12(18)11-14(15)19-17(20)13-6-4-5-7-16(13)24(2,21)22/h4-9,11H,3,10H2,1-2H3,(H,19,20). The van der Waals surface area contributed by atoms with Crippen LogP contribution in [0.15, 0.2) is 47.4 Å². The van der Waals surface area contributed by atoms with Gasteiger partial charge < -0.3 is 10.1 Å². The van der Waals surface area contributed by atoms with Gasteiger partial charge in [0, 0.05) is 11.3 Å². The fraction of sp³-hybridized carbons (Fsp3) is 0.235. The zero-order valence-electron chi connectivity index (χ0n) is 13.4. The summed E-state index contributed by atoms with van der Waals surface area (Å²) in [5.41, 5.74) is 0.464. The Balaban J connectivity index is 2.36. The minimum atomic E-state index is -3.52. The summed E-state index contributed by atoms with van der Waals surface area (Å²) in [7, 11) is -3.52. The average molecular weight is 368 g/mol. The predicted octanol–water partition coefficient (Wildman–Crippen LogP) is 3.78. The quantitative estimate of drug-likeness (QED) is 0.843. The van der Waals surface area contributed by atoms with Crippen molar-refractivity contribution in [3.05, 3.63) is 53.1 Å². The lowest BCUT2D eigenvalue weighted by atomic mass is 10.2. The molecule has 0 fully saturated rings. The van der Waals surface area contributed by atoms with Crippen molar-refractivity contribution in [1.29, 1.82) is 0 Å². The molecule has 0 heterocycles. The summed E-state index contributed by atoms with van der Waals surface area (Å²) in [6.07, 6.45) is 1.88. The average Bonchev–Trinajstić information content (AvgIpc) is 2.53. The van der Waals surface area contributed by atoms with Crippen LogP contribution in [0.5, 0.6) is 5.75 Å². The minimum Gasteiger partial charge on any atom is -0.491 e. The maximum atomic E-state index is 12.5. The van der Waals surface area contributed by atoms with Crippen molar-refractivity contribution in [3.8, 4) is 5.75 Å². The smallest absolute Gasteiger partial charge is 0.257 e. The zero-order valence-corrected chi connectivity index (χ0v) is 14.9. The molecule has 2 aromatic rings. The Morgan fingerprint density at radius 3 is 2.58 bits per heavy atom. The monoisotopic (exact) mass is 367 g/mol. The number of rotatable bonds is 6. The number of ether oxygens (including phenoxy) is 1. The van der Waals surface area contributed by atoms with Crippen molar-refractivity contribution in [1.82, 2.24) is 0 Å². The molecule has 1 amide bonds. The maximum absolute atomic E-state index is 12.5. The van der Waals surface area contributed by atoms with Gasteiger partial charge in [-0.1, -0.05) is 30.7 Å². The highest BCUT2D eigenvalue weighted by atomic mass is 35.5. The molecular formula is C17H18ClNO4S. The van der Waals surface area contributed by atoms with Gasteiger partial charge in [-0.2, -0.15) is 0 Å². The molecule has 24 heavy (non-hydrogen) atoms. The second kappa shape index (κ2) is 7.68. The lowest BCUT2D eigenvalue weighted by Crippen LogP contribution is -2.16. The molecule has 0 saturated carbocycles. The topological polar surface area (TPSA) is 72.5 Å². The zero-order chi connectivity index (χ0) is 17.7. The van der Waals surface area contributed by atoms with E-state index in [1.807, 2.05) is 6.92 Å². The fourth-order valence-corrected chi connectivity index (χ4v) is 3.16. The molecule has 2 aromatic carbocycles. The van der Waals surface area contributed by atoms with Gasteiger partial charge in [0.15, 0.2) is 9.84 Å². The van der Waals surface area contributed by atoms with Crippen molar-refractivity contribution in [3.63, 3.8) is 0 Å². The van der Waals surface area contributed by atoms with Crippen molar-refractivity contribution in [2.45, 2.75) is 18.2 Å². The van der Waals surface area contributed by atoms with Gasteiger partial charge in [-0.25, -0.2) is 8.42 Å². The van der Waals surface area contributed by atoms with Gasteiger partial charge in [0.25, 0.3) is 5.91 Å². The van der Waals surface area contributed by atoms with Crippen molar-refractivity contribution in [2.24, 2.45) is 0 Å². The van der Waals surface area contributed by atoms with Crippen LogP contribution in [0.4, 0.5) is 5.69 Å². The predicted molar refractivity (Wildman–Crippen MR) is 94.7 cm³/mol. The molecule has 0 aliphatic carbocycles. The number of nitrogens with one attached hydrogen (secondary N) is 1. The SMILES string of the molecule is CCCOc1ccc(Cl)cc1NC(=O)c1ccccc1S(C)(=O)=O. The molecule has 0 saturated heterocycles. The first-order valence-electron chi connectivity index (χ1n) is 7.35. The van der Waals surface area contributed by atoms with Crippen LogP contribution in [0.25, 0.3) is 0 Å². The number of carbonyl (C=O) groups excluding carboxylic acids is 1. The largest absolute Gasteiger partial charge is 0.491 e. The fourth-order valence-electron chi connectivity index (χ4n) is 2.10. The summed E-state index contributed by atoms with van der Waals surface area (Å²) in [6.45, 7) is 2.46. The minimum absolute atomic E-state index is 0.0273. The molecule has 1 N–H and O–H groups in total. The summed E-state index contributed by atoms with van der Waals surface area (Å²) in [5.74, 6) is -0.0638. The third-order valence-corrected chi connectivity index (χ3v) is 4.57. The normalized spacial score (nSPS) is 11.1. The van der Waals surface area contributed by atoms with Gasteiger partial charge in [-0.3, -0.25) is 4.79 Å². The Labute approximate surface area is 146 Å². The number of carbonyl (C=O) groups is 1. The van der Waals surface area contributed by atoms with E-state index < -0.39 is 15.7 Å². The van der Waals surface area contributed by atoms with Crippen molar-refractivity contribution < 1.29 is 17.9 Å². The van der Waals surface area contributed by atoms with E-state index in [0.717, 1.165) is 12.7 Å². The summed E-state index contributed by atoms with van der Waals surface area (Å²) < 4.78 is 29.3. The molecule has 0 aliphatic rings. The molecule has 128 valence electrons. The van der Waals surface area contributed by atoms with Gasteiger partial charge in [-0.05, 0) is 36.8 Å². The number of amides is 1. The van der Waals surface area contributed by atoms with Crippen LogP contribution in [-0.4, -0.2) is 27.2 Å². The molecule has 0 aliphatic heterocycles. The summed E-state index contributed by atoms with van der Waals surface area (Å²) in [4.78, 5) is 12.5. The van der Waals surface area contributed by atoms with Crippen LogP contribution in [0, 0.1) is 0 Å². The number of sulfone groups is 1. The van der Waals surface area contributed by atoms with Crippen LogP contribution in [0.2, 0.25) is 5.02 Å². The van der Waals surface area contributed by atoms with E-state index in [2.05, 4.69) is 5.32 Å². The van der Waals surface area contributed by atoms with E-state index >= 15 is 0 Å². The number of halogens is 1. The van der Waals surface area contributed by atoms with E-state index in [9.17, 15) is 13.2 Å². The Kier molecular flexibility index (Phi) is 5.85. The first-order valence-corrected chi connectivity index (χ1v) is 9.62. The lowest BCUT2D eigenvalue weighted by molar-refractivity contribution is 0.102. The molecule has 0 bridgehead atoms. The number of hydrogen-bond donors (Lipinski definition) is 1. The van der Waals surface area contributed by atoms with Crippen molar-refractivity contribution >= 4 is 33.0 Å². The molecule has 7 heteroatoms. The van der Waals surface area contributed by atoms with E-state index in [-0.39, 0.29) is 10.5 Å². The van der Waals surface area contributed by atoms with E-state index in [4.69, 9.17) is 16.3 Å². The van der Waals surface area contributed by atoms with E-state index in [1.54, 1.807) is 30.3 Å². The lowest BCUT2D eigenvalue weighted by Gasteiger charge is -2.13.